The number of ether oxygens (including phenoxy) is 2. The van der Waals surface area contributed by atoms with E-state index < -0.39 is 36.7 Å². The van der Waals surface area contributed by atoms with Gasteiger partial charge in [0.25, 0.3) is 0 Å². The molecule has 0 aromatic heterocycles. The lowest BCUT2D eigenvalue weighted by molar-refractivity contribution is -0.271. The Balaban J connectivity index is 2.17. The van der Waals surface area contributed by atoms with E-state index in [4.69, 9.17) is 14.6 Å². The molecule has 1 aliphatic rings. The summed E-state index contributed by atoms with van der Waals surface area (Å²) in [5.41, 5.74) is 0.691. The maximum atomic E-state index is 11.0. The third kappa shape index (κ3) is 3.14. The molecule has 5 unspecified atom stereocenters. The predicted molar refractivity (Wildman–Crippen MR) is 72.4 cm³/mol. The van der Waals surface area contributed by atoms with Crippen LogP contribution in [0.5, 0.6) is 11.5 Å². The number of carboxylic acids is 1. The quantitative estimate of drug-likeness (QED) is 0.488. The highest BCUT2D eigenvalue weighted by molar-refractivity contribution is 5.73. The summed E-state index contributed by atoms with van der Waals surface area (Å²) < 4.78 is 10.3. The fourth-order valence-corrected chi connectivity index (χ4v) is 2.20. The minimum atomic E-state index is -1.77. The molecule has 0 aliphatic carbocycles. The van der Waals surface area contributed by atoms with E-state index >= 15 is 0 Å². The van der Waals surface area contributed by atoms with Crippen molar-refractivity contribution in [3.8, 4) is 11.5 Å². The van der Waals surface area contributed by atoms with Gasteiger partial charge in [-0.3, -0.25) is 0 Å². The summed E-state index contributed by atoms with van der Waals surface area (Å²) >= 11 is 0. The first-order chi connectivity index (χ1) is 10.3. The summed E-state index contributed by atoms with van der Waals surface area (Å²) in [6.45, 7) is 1.86. The van der Waals surface area contributed by atoms with Crippen molar-refractivity contribution in [2.45, 2.75) is 44.1 Å². The second-order valence-electron chi connectivity index (χ2n) is 5.00. The Hall–Kier alpha value is -1.87. The van der Waals surface area contributed by atoms with E-state index in [1.165, 1.54) is 12.1 Å². The lowest BCUT2D eigenvalue weighted by Gasteiger charge is -2.38. The van der Waals surface area contributed by atoms with Crippen molar-refractivity contribution in [3.05, 3.63) is 23.8 Å². The number of hydrogen-bond donors (Lipinski definition) is 5. The zero-order valence-corrected chi connectivity index (χ0v) is 11.8. The van der Waals surface area contributed by atoms with E-state index in [-0.39, 0.29) is 11.5 Å². The first kappa shape index (κ1) is 16.5. The highest BCUT2D eigenvalue weighted by Crippen LogP contribution is 2.28. The average Bonchev–Trinajstić information content (AvgIpc) is 2.47. The number of aryl methyl sites for hydroxylation is 1. The van der Waals surface area contributed by atoms with Crippen LogP contribution in [-0.2, 0) is 16.0 Å². The van der Waals surface area contributed by atoms with Gasteiger partial charge < -0.3 is 35.0 Å². The highest BCUT2D eigenvalue weighted by Gasteiger charge is 2.48. The Morgan fingerprint density at radius 1 is 1.23 bits per heavy atom. The average molecular weight is 314 g/mol. The predicted octanol–water partition coefficient (Wildman–Crippen LogP) is -0.774. The van der Waals surface area contributed by atoms with Crippen molar-refractivity contribution >= 4 is 5.97 Å². The van der Waals surface area contributed by atoms with Crippen LogP contribution in [0, 0.1) is 0 Å². The second kappa shape index (κ2) is 6.49. The van der Waals surface area contributed by atoms with Gasteiger partial charge in [-0.15, -0.1) is 0 Å². The van der Waals surface area contributed by atoms with Crippen molar-refractivity contribution in [2.24, 2.45) is 0 Å². The third-order valence-corrected chi connectivity index (χ3v) is 3.50. The highest BCUT2D eigenvalue weighted by atomic mass is 16.7. The minimum absolute atomic E-state index is 0.0133. The maximum Gasteiger partial charge on any atom is 0.335 e. The molecule has 122 valence electrons. The van der Waals surface area contributed by atoms with Gasteiger partial charge in [-0.25, -0.2) is 4.79 Å². The molecule has 0 radical (unpaired) electrons. The molecule has 0 bridgehead atoms. The number of rotatable bonds is 4. The van der Waals surface area contributed by atoms with Crippen LogP contribution in [0.1, 0.15) is 12.5 Å². The Morgan fingerprint density at radius 2 is 1.91 bits per heavy atom. The van der Waals surface area contributed by atoms with E-state index in [1.807, 2.05) is 6.92 Å². The van der Waals surface area contributed by atoms with Gasteiger partial charge in [0.1, 0.15) is 29.8 Å². The van der Waals surface area contributed by atoms with Gasteiger partial charge >= 0.3 is 5.97 Å². The molecule has 1 saturated heterocycles. The number of benzene rings is 1. The van der Waals surface area contributed by atoms with Gasteiger partial charge in [-0.05, 0) is 18.1 Å². The lowest BCUT2D eigenvalue weighted by atomic mass is 9.99. The molecule has 8 heteroatoms. The van der Waals surface area contributed by atoms with Gasteiger partial charge in [0, 0.05) is 6.07 Å². The Morgan fingerprint density at radius 3 is 2.45 bits per heavy atom. The van der Waals surface area contributed by atoms with Crippen molar-refractivity contribution in [2.75, 3.05) is 0 Å². The fourth-order valence-electron chi connectivity index (χ4n) is 2.20. The molecule has 22 heavy (non-hydrogen) atoms. The molecule has 1 fully saturated rings. The molecule has 1 heterocycles. The van der Waals surface area contributed by atoms with E-state index in [0.29, 0.717) is 12.0 Å². The van der Waals surface area contributed by atoms with Crippen LogP contribution in [0.25, 0.3) is 0 Å². The molecular formula is C14H18O8. The summed E-state index contributed by atoms with van der Waals surface area (Å²) in [6, 6.07) is 4.42. The van der Waals surface area contributed by atoms with Gasteiger partial charge in [-0.2, -0.15) is 0 Å². The number of carboxylic acid groups (broad SMARTS) is 1. The SMILES string of the molecule is CCc1ccc(OC2OC(C(=O)O)C(O)C(O)C2O)cc1O. The molecular weight excluding hydrogens is 296 g/mol. The Kier molecular flexibility index (Phi) is 4.87. The number of carbonyl (C=O) groups is 1. The van der Waals surface area contributed by atoms with Crippen LogP contribution >= 0.6 is 0 Å². The second-order valence-corrected chi connectivity index (χ2v) is 5.00. The summed E-state index contributed by atoms with van der Waals surface area (Å²) in [5.74, 6) is -1.37. The number of phenols is 1. The van der Waals surface area contributed by atoms with Gasteiger partial charge in [0.15, 0.2) is 6.10 Å². The standard InChI is InChI=1S/C14H18O8/c1-2-6-3-4-7(5-8(6)15)21-14-11(18)9(16)10(17)12(22-14)13(19)20/h3-5,9-12,14-18H,2H2,1H3,(H,19,20). The van der Waals surface area contributed by atoms with E-state index in [2.05, 4.69) is 0 Å². The topological polar surface area (TPSA) is 137 Å². The fraction of sp³-hybridized carbons (Fsp3) is 0.500. The molecule has 1 aromatic carbocycles. The number of aliphatic hydroxyl groups is 3. The summed E-state index contributed by atoms with van der Waals surface area (Å²) in [5, 5.41) is 47.8. The van der Waals surface area contributed by atoms with Crippen molar-refractivity contribution in [1.29, 1.82) is 0 Å². The largest absolute Gasteiger partial charge is 0.508 e. The molecule has 0 amide bonds. The third-order valence-electron chi connectivity index (χ3n) is 3.50. The Bertz CT molecular complexity index is 546. The summed E-state index contributed by atoms with van der Waals surface area (Å²) in [6.07, 6.45) is -7.76. The van der Waals surface area contributed by atoms with Crippen LogP contribution in [-0.4, -0.2) is 62.2 Å². The van der Waals surface area contributed by atoms with Crippen molar-refractivity contribution in [3.63, 3.8) is 0 Å². The summed E-state index contributed by atoms with van der Waals surface area (Å²) in [7, 11) is 0. The van der Waals surface area contributed by atoms with Crippen LogP contribution in [0.15, 0.2) is 18.2 Å². The smallest absolute Gasteiger partial charge is 0.335 e. The number of phenolic OH excluding ortho intramolecular Hbond substituents is 1. The van der Waals surface area contributed by atoms with E-state index in [9.17, 15) is 25.2 Å². The maximum absolute atomic E-state index is 11.0. The molecule has 0 spiro atoms. The number of aliphatic hydroxyl groups excluding tert-OH is 3. The molecule has 1 aromatic rings. The van der Waals surface area contributed by atoms with E-state index in [1.54, 1.807) is 6.07 Å². The molecule has 5 N–H and O–H groups in total. The van der Waals surface area contributed by atoms with Crippen molar-refractivity contribution < 1.29 is 39.8 Å². The number of aromatic hydroxyl groups is 1. The first-order valence-electron chi connectivity index (χ1n) is 6.76. The normalized spacial score (nSPS) is 31.7. The number of aliphatic carboxylic acids is 1. The zero-order chi connectivity index (χ0) is 16.4. The van der Waals surface area contributed by atoms with Crippen molar-refractivity contribution in [1.82, 2.24) is 0 Å². The summed E-state index contributed by atoms with van der Waals surface area (Å²) in [4.78, 5) is 11.0. The van der Waals surface area contributed by atoms with Gasteiger partial charge in [0.2, 0.25) is 6.29 Å². The van der Waals surface area contributed by atoms with Gasteiger partial charge in [0.05, 0.1) is 0 Å². The first-order valence-corrected chi connectivity index (χ1v) is 6.76. The molecule has 1 aliphatic heterocycles. The van der Waals surface area contributed by atoms with Crippen LogP contribution in [0.2, 0.25) is 0 Å². The zero-order valence-electron chi connectivity index (χ0n) is 11.8. The lowest BCUT2D eigenvalue weighted by Crippen LogP contribution is -2.61. The molecule has 5 atom stereocenters. The van der Waals surface area contributed by atoms with Gasteiger partial charge in [-0.1, -0.05) is 13.0 Å². The van der Waals surface area contributed by atoms with Crippen LogP contribution in [0.3, 0.4) is 0 Å². The number of hydrogen-bond acceptors (Lipinski definition) is 7. The Labute approximate surface area is 126 Å². The molecule has 2 rings (SSSR count). The minimum Gasteiger partial charge on any atom is -0.508 e. The van der Waals surface area contributed by atoms with Crippen LogP contribution < -0.4 is 4.74 Å². The molecule has 0 saturated carbocycles. The monoisotopic (exact) mass is 314 g/mol. The van der Waals surface area contributed by atoms with Crippen LogP contribution in [0.4, 0.5) is 0 Å². The molecule has 8 nitrogen and oxygen atoms in total. The van der Waals surface area contributed by atoms with E-state index in [0.717, 1.165) is 0 Å².